The molecule has 1 rings (SSSR count). The molecule has 1 aromatic heterocycles. The standard InChI is InChI=1S/C25H42N2O5Si/c1-19(13-11-9-10-12-14-21-16-26-18-31-21)22(32-33(7,8)24(2,3)4)25(5,6)23(30)27-15-20(29)17-28/h9-13,16,18,20,22,28-29H,14-15,17H2,1-8H3,(H,27,30)/b11-9-,12-10+,19-13+/t20?,22-/m1/s1. The second-order valence-electron chi connectivity index (χ2n) is 10.4. The van der Waals surface area contributed by atoms with Crippen molar-refractivity contribution in [1.29, 1.82) is 0 Å². The summed E-state index contributed by atoms with van der Waals surface area (Å²) in [5.74, 6) is 0.565. The molecule has 0 saturated carbocycles. The third-order valence-corrected chi connectivity index (χ3v) is 10.5. The van der Waals surface area contributed by atoms with Crippen LogP contribution in [0.5, 0.6) is 0 Å². The zero-order chi connectivity index (χ0) is 25.3. The first kappa shape index (κ1) is 29.0. The van der Waals surface area contributed by atoms with E-state index in [9.17, 15) is 9.90 Å². The van der Waals surface area contributed by atoms with E-state index >= 15 is 0 Å². The van der Waals surface area contributed by atoms with Crippen LogP contribution in [0.4, 0.5) is 0 Å². The number of allylic oxidation sites excluding steroid dienone is 5. The number of oxazole rings is 1. The zero-order valence-electron chi connectivity index (χ0n) is 21.4. The largest absolute Gasteiger partial charge is 0.448 e. The van der Waals surface area contributed by atoms with Crippen LogP contribution in [-0.2, 0) is 15.6 Å². The van der Waals surface area contributed by atoms with Crippen LogP contribution in [0.3, 0.4) is 0 Å². The van der Waals surface area contributed by atoms with Crippen molar-refractivity contribution in [3.05, 3.63) is 54.3 Å². The van der Waals surface area contributed by atoms with Crippen molar-refractivity contribution in [2.45, 2.75) is 78.3 Å². The van der Waals surface area contributed by atoms with E-state index in [1.165, 1.54) is 6.39 Å². The molecule has 0 bridgehead atoms. The lowest BCUT2D eigenvalue weighted by molar-refractivity contribution is -0.134. The van der Waals surface area contributed by atoms with Gasteiger partial charge < -0.3 is 24.4 Å². The molecule has 8 heteroatoms. The van der Waals surface area contributed by atoms with Gasteiger partial charge >= 0.3 is 0 Å². The van der Waals surface area contributed by atoms with E-state index in [0.29, 0.717) is 6.42 Å². The van der Waals surface area contributed by atoms with E-state index in [-0.39, 0.29) is 17.5 Å². The van der Waals surface area contributed by atoms with Crippen molar-refractivity contribution in [2.75, 3.05) is 13.2 Å². The number of nitrogens with one attached hydrogen (secondary N) is 1. The van der Waals surface area contributed by atoms with Gasteiger partial charge in [-0.15, -0.1) is 0 Å². The SMILES string of the molecule is C\C(=C/C=C\C=C\Cc1cnco1)[C@@H](O[Si](C)(C)C(C)(C)C)C(C)(C)C(=O)NCC(O)CO. The van der Waals surface area contributed by atoms with Gasteiger partial charge in [-0.2, -0.15) is 0 Å². The fourth-order valence-electron chi connectivity index (χ4n) is 2.87. The molecule has 2 atom stereocenters. The van der Waals surface area contributed by atoms with Gasteiger partial charge in [-0.05, 0) is 44.5 Å². The van der Waals surface area contributed by atoms with Gasteiger partial charge in [-0.1, -0.05) is 51.2 Å². The highest BCUT2D eigenvalue weighted by Crippen LogP contribution is 2.41. The van der Waals surface area contributed by atoms with Crippen LogP contribution in [-0.4, -0.2) is 54.8 Å². The first-order valence-electron chi connectivity index (χ1n) is 11.3. The molecule has 0 aliphatic rings. The first-order valence-corrected chi connectivity index (χ1v) is 14.3. The summed E-state index contributed by atoms with van der Waals surface area (Å²) in [5, 5.41) is 21.4. The summed E-state index contributed by atoms with van der Waals surface area (Å²) in [5.41, 5.74) is 0.0453. The van der Waals surface area contributed by atoms with Crippen LogP contribution in [0.25, 0.3) is 0 Å². The van der Waals surface area contributed by atoms with E-state index in [1.807, 2.05) is 51.2 Å². The van der Waals surface area contributed by atoms with Crippen LogP contribution in [0.15, 0.2) is 53.0 Å². The topological polar surface area (TPSA) is 105 Å². The van der Waals surface area contributed by atoms with E-state index in [2.05, 4.69) is 44.2 Å². The zero-order valence-corrected chi connectivity index (χ0v) is 22.4. The molecule has 0 fully saturated rings. The number of nitrogens with zero attached hydrogens (tertiary/aromatic N) is 1. The second kappa shape index (κ2) is 12.5. The molecule has 0 aromatic carbocycles. The molecule has 33 heavy (non-hydrogen) atoms. The lowest BCUT2D eigenvalue weighted by Crippen LogP contribution is -2.53. The first-order chi connectivity index (χ1) is 15.2. The average Bonchev–Trinajstić information content (AvgIpc) is 3.24. The molecule has 1 heterocycles. The number of carbonyl (C=O) groups excluding carboxylic acids is 1. The van der Waals surface area contributed by atoms with Crippen LogP contribution in [0, 0.1) is 5.41 Å². The van der Waals surface area contributed by atoms with E-state index in [4.69, 9.17) is 13.9 Å². The maximum atomic E-state index is 13.1. The summed E-state index contributed by atoms with van der Waals surface area (Å²) in [7, 11) is -2.19. The molecule has 1 amide bonds. The van der Waals surface area contributed by atoms with Crippen molar-refractivity contribution >= 4 is 14.2 Å². The third-order valence-electron chi connectivity index (χ3n) is 6.10. The third kappa shape index (κ3) is 9.04. The van der Waals surface area contributed by atoms with Gasteiger partial charge in [0.25, 0.3) is 0 Å². The summed E-state index contributed by atoms with van der Waals surface area (Å²) in [6.45, 7) is 16.1. The van der Waals surface area contributed by atoms with Crippen LogP contribution in [0.2, 0.25) is 18.1 Å². The van der Waals surface area contributed by atoms with E-state index < -0.39 is 32.5 Å². The van der Waals surface area contributed by atoms with Crippen molar-refractivity contribution < 1.29 is 23.9 Å². The van der Waals surface area contributed by atoms with Gasteiger partial charge in [0.2, 0.25) is 5.91 Å². The number of rotatable bonds is 12. The summed E-state index contributed by atoms with van der Waals surface area (Å²) in [6, 6.07) is 0. The summed E-state index contributed by atoms with van der Waals surface area (Å²) in [6.07, 6.45) is 12.1. The Morgan fingerprint density at radius 3 is 2.45 bits per heavy atom. The predicted molar refractivity (Wildman–Crippen MR) is 134 cm³/mol. The molecule has 0 aliphatic carbocycles. The molecule has 0 saturated heterocycles. The summed E-state index contributed by atoms with van der Waals surface area (Å²) >= 11 is 0. The van der Waals surface area contributed by atoms with E-state index in [0.717, 1.165) is 11.3 Å². The van der Waals surface area contributed by atoms with E-state index in [1.54, 1.807) is 6.20 Å². The maximum absolute atomic E-state index is 13.1. The number of aliphatic hydroxyl groups excluding tert-OH is 2. The Morgan fingerprint density at radius 1 is 1.24 bits per heavy atom. The Balaban J connectivity index is 3.06. The Labute approximate surface area is 199 Å². The minimum absolute atomic E-state index is 0.00970. The molecule has 0 radical (unpaired) electrons. The number of amides is 1. The van der Waals surface area contributed by atoms with Gasteiger partial charge in [0, 0.05) is 13.0 Å². The van der Waals surface area contributed by atoms with Crippen molar-refractivity contribution in [1.82, 2.24) is 10.3 Å². The van der Waals surface area contributed by atoms with Gasteiger partial charge in [0.15, 0.2) is 14.7 Å². The Bertz CT molecular complexity index is 820. The molecular formula is C25H42N2O5Si. The summed E-state index contributed by atoms with van der Waals surface area (Å²) in [4.78, 5) is 16.9. The molecule has 3 N–H and O–H groups in total. The van der Waals surface area contributed by atoms with Gasteiger partial charge in [-0.25, -0.2) is 4.98 Å². The average molecular weight is 479 g/mol. The van der Waals surface area contributed by atoms with Crippen LogP contribution < -0.4 is 5.32 Å². The number of aromatic nitrogens is 1. The molecule has 186 valence electrons. The highest BCUT2D eigenvalue weighted by atomic mass is 28.4. The monoisotopic (exact) mass is 478 g/mol. The van der Waals surface area contributed by atoms with Crippen molar-refractivity contribution in [3.63, 3.8) is 0 Å². The Kier molecular flexibility index (Phi) is 11.0. The minimum atomic E-state index is -2.19. The maximum Gasteiger partial charge on any atom is 0.228 e. The highest BCUT2D eigenvalue weighted by Gasteiger charge is 2.46. The number of hydrogen-bond donors (Lipinski definition) is 3. The van der Waals surface area contributed by atoms with Crippen LogP contribution in [0.1, 0.15) is 47.3 Å². The molecule has 1 unspecified atom stereocenters. The predicted octanol–water partition coefficient (Wildman–Crippen LogP) is 4.16. The normalized spacial score (nSPS) is 15.9. The number of hydrogen-bond acceptors (Lipinski definition) is 6. The second-order valence-corrected chi connectivity index (χ2v) is 15.2. The van der Waals surface area contributed by atoms with Crippen molar-refractivity contribution in [2.24, 2.45) is 5.41 Å². The Morgan fingerprint density at radius 2 is 1.91 bits per heavy atom. The lowest BCUT2D eigenvalue weighted by atomic mass is 9.81. The molecule has 1 aromatic rings. The quantitative estimate of drug-likeness (QED) is 0.308. The molecule has 0 spiro atoms. The van der Waals surface area contributed by atoms with Gasteiger partial charge in [-0.3, -0.25) is 4.79 Å². The molecular weight excluding hydrogens is 436 g/mol. The fourth-order valence-corrected chi connectivity index (χ4v) is 4.29. The fraction of sp³-hybridized carbons (Fsp3) is 0.600. The van der Waals surface area contributed by atoms with Crippen LogP contribution >= 0.6 is 0 Å². The number of carbonyl (C=O) groups is 1. The molecule has 0 aliphatic heterocycles. The summed E-state index contributed by atoms with van der Waals surface area (Å²) < 4.78 is 11.9. The van der Waals surface area contributed by atoms with Crippen molar-refractivity contribution in [3.8, 4) is 0 Å². The molecule has 7 nitrogen and oxygen atoms in total. The highest BCUT2D eigenvalue weighted by molar-refractivity contribution is 6.74. The minimum Gasteiger partial charge on any atom is -0.448 e. The smallest absolute Gasteiger partial charge is 0.228 e. The number of aliphatic hydroxyl groups is 2. The lowest BCUT2D eigenvalue weighted by Gasteiger charge is -2.44. The Hall–Kier alpha value is -2.00. The van der Waals surface area contributed by atoms with Gasteiger partial charge in [0.05, 0.1) is 30.4 Å². The van der Waals surface area contributed by atoms with Gasteiger partial charge in [0.1, 0.15) is 5.76 Å².